The van der Waals surface area contributed by atoms with Gasteiger partial charge in [-0.15, -0.1) is 5.10 Å². The highest BCUT2D eigenvalue weighted by Gasteiger charge is 2.09. The van der Waals surface area contributed by atoms with Gasteiger partial charge in [-0.3, -0.25) is 0 Å². The van der Waals surface area contributed by atoms with Crippen LogP contribution < -0.4 is 9.47 Å². The van der Waals surface area contributed by atoms with Gasteiger partial charge in [0.1, 0.15) is 12.3 Å². The molecule has 34 heavy (non-hydrogen) atoms. The lowest BCUT2D eigenvalue weighted by molar-refractivity contribution is 0.284. The molecule has 170 valence electrons. The monoisotopic (exact) mass is 488 g/mol. The van der Waals surface area contributed by atoms with Crippen molar-refractivity contribution < 1.29 is 9.47 Å². The Kier molecular flexibility index (Phi) is 7.97. The Morgan fingerprint density at radius 2 is 1.47 bits per heavy atom. The van der Waals surface area contributed by atoms with Crippen LogP contribution in [0.4, 0.5) is 0 Å². The van der Waals surface area contributed by atoms with E-state index in [1.165, 1.54) is 0 Å². The van der Waals surface area contributed by atoms with Crippen LogP contribution in [0, 0.1) is 0 Å². The molecule has 0 spiro atoms. The molecule has 0 unspecified atom stereocenters. The van der Waals surface area contributed by atoms with Crippen molar-refractivity contribution in [3.63, 3.8) is 0 Å². The third-order valence-electron chi connectivity index (χ3n) is 5.04. The van der Waals surface area contributed by atoms with E-state index in [1.54, 1.807) is 25.5 Å². The lowest BCUT2D eigenvalue weighted by atomic mass is 10.0. The summed E-state index contributed by atoms with van der Waals surface area (Å²) in [5.41, 5.74) is 4.45. The molecule has 0 aromatic heterocycles. The maximum Gasteiger partial charge on any atom is 0.161 e. The number of ether oxygens (including phenoxy) is 2. The van der Waals surface area contributed by atoms with Crippen molar-refractivity contribution in [1.82, 2.24) is 0 Å². The summed E-state index contributed by atoms with van der Waals surface area (Å²) in [6.07, 6.45) is 1.69. The topological polar surface area (TPSA) is 43.2 Å². The number of methoxy groups -OCH3 is 1. The second kappa shape index (κ2) is 11.5. The first-order valence-electron chi connectivity index (χ1n) is 10.6. The SMILES string of the molecule is COc1cc(/C=N/N=C(c2ccccc2)c2ccccc2)ccc1OCc1ccc(Cl)cc1Cl. The van der Waals surface area contributed by atoms with Gasteiger partial charge in [-0.2, -0.15) is 5.10 Å². The molecule has 0 amide bonds. The van der Waals surface area contributed by atoms with Gasteiger partial charge < -0.3 is 9.47 Å². The van der Waals surface area contributed by atoms with E-state index in [2.05, 4.69) is 10.2 Å². The van der Waals surface area contributed by atoms with Crippen LogP contribution in [0.25, 0.3) is 0 Å². The van der Waals surface area contributed by atoms with Crippen LogP contribution in [0.3, 0.4) is 0 Å². The van der Waals surface area contributed by atoms with Crippen LogP contribution in [-0.2, 0) is 6.61 Å². The summed E-state index contributed by atoms with van der Waals surface area (Å²) in [5.74, 6) is 1.19. The van der Waals surface area contributed by atoms with E-state index in [1.807, 2.05) is 84.9 Å². The summed E-state index contributed by atoms with van der Waals surface area (Å²) in [7, 11) is 1.60. The van der Waals surface area contributed by atoms with E-state index >= 15 is 0 Å². The summed E-state index contributed by atoms with van der Waals surface area (Å²) in [6.45, 7) is 0.293. The van der Waals surface area contributed by atoms with Gasteiger partial charge in [-0.1, -0.05) is 89.9 Å². The lowest BCUT2D eigenvalue weighted by Gasteiger charge is -2.12. The molecule has 6 heteroatoms. The minimum Gasteiger partial charge on any atom is -0.493 e. The molecule has 0 heterocycles. The normalized spacial score (nSPS) is 10.8. The van der Waals surface area contributed by atoms with Gasteiger partial charge in [0.2, 0.25) is 0 Å². The van der Waals surface area contributed by atoms with E-state index in [0.717, 1.165) is 28.0 Å². The van der Waals surface area contributed by atoms with E-state index in [-0.39, 0.29) is 0 Å². The lowest BCUT2D eigenvalue weighted by Crippen LogP contribution is -2.02. The second-order valence-corrected chi connectivity index (χ2v) is 8.20. The maximum absolute atomic E-state index is 6.24. The van der Waals surface area contributed by atoms with Crippen LogP contribution in [0.15, 0.2) is 107 Å². The summed E-state index contributed by atoms with van der Waals surface area (Å²) in [6, 6.07) is 30.9. The number of hydrogen-bond acceptors (Lipinski definition) is 4. The Morgan fingerprint density at radius 1 is 0.794 bits per heavy atom. The summed E-state index contributed by atoms with van der Waals surface area (Å²) < 4.78 is 11.4. The van der Waals surface area contributed by atoms with Crippen molar-refractivity contribution in [3.8, 4) is 11.5 Å². The molecule has 0 aliphatic heterocycles. The minimum atomic E-state index is 0.293. The van der Waals surface area contributed by atoms with Gasteiger partial charge in [-0.25, -0.2) is 0 Å². The zero-order valence-electron chi connectivity index (χ0n) is 18.5. The summed E-state index contributed by atoms with van der Waals surface area (Å²) >= 11 is 12.2. The van der Waals surface area contributed by atoms with Crippen LogP contribution >= 0.6 is 23.2 Å². The van der Waals surface area contributed by atoms with Gasteiger partial charge in [-0.05, 0) is 35.9 Å². The van der Waals surface area contributed by atoms with E-state index in [9.17, 15) is 0 Å². The smallest absolute Gasteiger partial charge is 0.161 e. The molecule has 0 radical (unpaired) electrons. The van der Waals surface area contributed by atoms with Gasteiger partial charge >= 0.3 is 0 Å². The molecule has 0 N–H and O–H groups in total. The van der Waals surface area contributed by atoms with Crippen LogP contribution in [0.2, 0.25) is 10.0 Å². The molecule has 0 aliphatic rings. The van der Waals surface area contributed by atoms with Crippen LogP contribution in [0.5, 0.6) is 11.5 Å². The van der Waals surface area contributed by atoms with Crippen molar-refractivity contribution >= 4 is 35.1 Å². The Bertz CT molecular complexity index is 1270. The molecule has 0 fully saturated rings. The second-order valence-electron chi connectivity index (χ2n) is 7.36. The van der Waals surface area contributed by atoms with Crippen LogP contribution in [0.1, 0.15) is 22.3 Å². The Hall–Kier alpha value is -3.60. The third kappa shape index (κ3) is 6.04. The highest BCUT2D eigenvalue weighted by molar-refractivity contribution is 6.35. The fourth-order valence-corrected chi connectivity index (χ4v) is 3.77. The molecule has 0 atom stereocenters. The van der Waals surface area contributed by atoms with Crippen molar-refractivity contribution in [2.45, 2.75) is 6.61 Å². The Morgan fingerprint density at radius 3 is 2.09 bits per heavy atom. The third-order valence-corrected chi connectivity index (χ3v) is 5.63. The highest BCUT2D eigenvalue weighted by atomic mass is 35.5. The largest absolute Gasteiger partial charge is 0.493 e. The standard InChI is InChI=1S/C28H22Cl2N2O2/c1-33-27-16-20(12-15-26(27)34-19-23-13-14-24(29)17-25(23)30)18-31-32-28(21-8-4-2-5-9-21)22-10-6-3-7-11-22/h2-18H,19H2,1H3/b31-18+. The van der Waals surface area contributed by atoms with Gasteiger partial charge in [0.15, 0.2) is 11.5 Å². The summed E-state index contributed by atoms with van der Waals surface area (Å²) in [5, 5.41) is 10.0. The molecule has 4 aromatic carbocycles. The van der Waals surface area contributed by atoms with E-state index in [4.69, 9.17) is 32.7 Å². The molecular formula is C28H22Cl2N2O2. The fraction of sp³-hybridized carbons (Fsp3) is 0.0714. The maximum atomic E-state index is 6.24. The number of halogens is 2. The van der Waals surface area contributed by atoms with E-state index in [0.29, 0.717) is 28.2 Å². The van der Waals surface area contributed by atoms with Crippen LogP contribution in [-0.4, -0.2) is 19.0 Å². The Labute approximate surface area is 209 Å². The van der Waals surface area contributed by atoms with Crippen molar-refractivity contribution in [3.05, 3.63) is 129 Å². The van der Waals surface area contributed by atoms with Crippen molar-refractivity contribution in [2.75, 3.05) is 7.11 Å². The molecule has 4 aromatic rings. The van der Waals surface area contributed by atoms with Gasteiger partial charge in [0.25, 0.3) is 0 Å². The average molecular weight is 489 g/mol. The van der Waals surface area contributed by atoms with Gasteiger partial charge in [0, 0.05) is 26.7 Å². The fourth-order valence-electron chi connectivity index (χ4n) is 3.31. The molecule has 0 saturated carbocycles. The first kappa shape index (κ1) is 23.6. The first-order valence-corrected chi connectivity index (χ1v) is 11.4. The first-order chi connectivity index (χ1) is 16.6. The zero-order chi connectivity index (χ0) is 23.8. The molecular weight excluding hydrogens is 467 g/mol. The quantitative estimate of drug-likeness (QED) is 0.191. The minimum absolute atomic E-state index is 0.293. The average Bonchev–Trinajstić information content (AvgIpc) is 2.87. The molecule has 0 aliphatic carbocycles. The van der Waals surface area contributed by atoms with Crippen molar-refractivity contribution in [1.29, 1.82) is 0 Å². The Balaban J connectivity index is 1.53. The molecule has 0 saturated heterocycles. The zero-order valence-corrected chi connectivity index (χ0v) is 20.0. The molecule has 0 bridgehead atoms. The molecule has 4 nitrogen and oxygen atoms in total. The summed E-state index contributed by atoms with van der Waals surface area (Å²) in [4.78, 5) is 0. The number of nitrogens with zero attached hydrogens (tertiary/aromatic N) is 2. The predicted octanol–water partition coefficient (Wildman–Crippen LogP) is 7.45. The molecule has 4 rings (SSSR count). The predicted molar refractivity (Wildman–Crippen MR) is 140 cm³/mol. The van der Waals surface area contributed by atoms with Gasteiger partial charge in [0.05, 0.1) is 13.3 Å². The van der Waals surface area contributed by atoms with E-state index < -0.39 is 0 Å². The number of benzene rings is 4. The number of hydrogen-bond donors (Lipinski definition) is 0. The number of rotatable bonds is 8. The highest BCUT2D eigenvalue weighted by Crippen LogP contribution is 2.30. The van der Waals surface area contributed by atoms with Crippen molar-refractivity contribution in [2.24, 2.45) is 10.2 Å².